The van der Waals surface area contributed by atoms with Crippen LogP contribution in [0.15, 0.2) is 12.1 Å². The second kappa shape index (κ2) is 4.61. The predicted octanol–water partition coefficient (Wildman–Crippen LogP) is 2.35. The van der Waals surface area contributed by atoms with E-state index in [-0.39, 0.29) is 22.5 Å². The number of rotatable bonds is 5. The van der Waals surface area contributed by atoms with Crippen molar-refractivity contribution >= 4 is 17.3 Å². The zero-order chi connectivity index (χ0) is 15.2. The SMILES string of the molecule is COC(=O)c1cc(OC)c(NC23CC(C2)C3)c([N+](=O)[O-])c1. The van der Waals surface area contributed by atoms with Gasteiger partial charge in [0.1, 0.15) is 5.75 Å². The van der Waals surface area contributed by atoms with Crippen molar-refractivity contribution in [3.8, 4) is 5.75 Å². The Hall–Kier alpha value is -2.31. The Morgan fingerprint density at radius 1 is 1.38 bits per heavy atom. The van der Waals surface area contributed by atoms with Crippen LogP contribution in [0, 0.1) is 16.0 Å². The second-order valence-corrected chi connectivity index (χ2v) is 5.71. The first-order valence-electron chi connectivity index (χ1n) is 6.71. The molecule has 0 radical (unpaired) electrons. The van der Waals surface area contributed by atoms with Gasteiger partial charge in [0.2, 0.25) is 0 Å². The van der Waals surface area contributed by atoms with Crippen LogP contribution in [0.25, 0.3) is 0 Å². The molecule has 3 fully saturated rings. The first-order valence-corrected chi connectivity index (χ1v) is 6.71. The molecule has 0 saturated heterocycles. The summed E-state index contributed by atoms with van der Waals surface area (Å²) in [4.78, 5) is 22.4. The number of carbonyl (C=O) groups excluding carboxylic acids is 1. The molecule has 0 spiro atoms. The fraction of sp³-hybridized carbons (Fsp3) is 0.500. The van der Waals surface area contributed by atoms with Crippen LogP contribution in [-0.2, 0) is 4.74 Å². The lowest BCUT2D eigenvalue weighted by Gasteiger charge is -2.62. The van der Waals surface area contributed by atoms with Crippen LogP contribution >= 0.6 is 0 Å². The molecule has 2 bridgehead atoms. The van der Waals surface area contributed by atoms with Gasteiger partial charge in [-0.2, -0.15) is 0 Å². The number of nitro benzene ring substituents is 1. The molecule has 7 heteroatoms. The summed E-state index contributed by atoms with van der Waals surface area (Å²) in [6.45, 7) is 0. The highest BCUT2D eigenvalue weighted by molar-refractivity contribution is 5.93. The third kappa shape index (κ3) is 2.09. The Morgan fingerprint density at radius 3 is 2.48 bits per heavy atom. The van der Waals surface area contributed by atoms with E-state index in [1.807, 2.05) is 0 Å². The molecule has 3 saturated carbocycles. The molecular weight excluding hydrogens is 276 g/mol. The normalized spacial score (nSPS) is 25.3. The quantitative estimate of drug-likeness (QED) is 0.509. The van der Waals surface area contributed by atoms with Crippen molar-refractivity contribution in [1.29, 1.82) is 0 Å². The maximum absolute atomic E-state index is 11.6. The lowest BCUT2D eigenvalue weighted by molar-refractivity contribution is -0.384. The van der Waals surface area contributed by atoms with E-state index in [2.05, 4.69) is 10.1 Å². The van der Waals surface area contributed by atoms with Crippen LogP contribution in [0.5, 0.6) is 5.75 Å². The van der Waals surface area contributed by atoms with Crippen molar-refractivity contribution < 1.29 is 19.2 Å². The molecule has 3 aliphatic carbocycles. The maximum atomic E-state index is 11.6. The van der Waals surface area contributed by atoms with E-state index >= 15 is 0 Å². The van der Waals surface area contributed by atoms with E-state index in [1.54, 1.807) is 0 Å². The van der Waals surface area contributed by atoms with E-state index in [0.717, 1.165) is 25.2 Å². The first-order chi connectivity index (χ1) is 9.98. The number of hydrogen-bond donors (Lipinski definition) is 1. The van der Waals surface area contributed by atoms with Crippen molar-refractivity contribution in [1.82, 2.24) is 0 Å². The minimum absolute atomic E-state index is 0.0323. The van der Waals surface area contributed by atoms with E-state index in [1.165, 1.54) is 26.4 Å². The second-order valence-electron chi connectivity index (χ2n) is 5.71. The number of anilines is 1. The number of ether oxygens (including phenoxy) is 2. The summed E-state index contributed by atoms with van der Waals surface area (Å²) in [7, 11) is 2.65. The largest absolute Gasteiger partial charge is 0.494 e. The zero-order valence-electron chi connectivity index (χ0n) is 11.8. The van der Waals surface area contributed by atoms with Crippen LogP contribution in [0.1, 0.15) is 29.6 Å². The molecule has 7 nitrogen and oxygen atoms in total. The molecule has 1 aromatic carbocycles. The lowest BCUT2D eigenvalue weighted by atomic mass is 9.50. The molecule has 21 heavy (non-hydrogen) atoms. The van der Waals surface area contributed by atoms with E-state index in [9.17, 15) is 14.9 Å². The average Bonchev–Trinajstić information content (AvgIpc) is 2.39. The van der Waals surface area contributed by atoms with Crippen molar-refractivity contribution in [3.63, 3.8) is 0 Å². The van der Waals surface area contributed by atoms with Crippen molar-refractivity contribution in [2.45, 2.75) is 24.8 Å². The molecule has 1 aromatic rings. The van der Waals surface area contributed by atoms with Gasteiger partial charge in [-0.15, -0.1) is 0 Å². The Bertz CT molecular complexity index is 611. The number of nitrogens with zero attached hydrogens (tertiary/aromatic N) is 1. The number of esters is 1. The van der Waals surface area contributed by atoms with Crippen LogP contribution in [0.3, 0.4) is 0 Å². The van der Waals surface area contributed by atoms with Gasteiger partial charge in [-0.1, -0.05) is 0 Å². The summed E-state index contributed by atoms with van der Waals surface area (Å²) in [5.74, 6) is 0.402. The summed E-state index contributed by atoms with van der Waals surface area (Å²) < 4.78 is 9.84. The van der Waals surface area contributed by atoms with Crippen LogP contribution in [-0.4, -0.2) is 30.7 Å². The number of hydrogen-bond acceptors (Lipinski definition) is 6. The molecule has 0 amide bonds. The smallest absolute Gasteiger partial charge is 0.338 e. The molecule has 0 atom stereocenters. The molecule has 0 aliphatic heterocycles. The van der Waals surface area contributed by atoms with Gasteiger partial charge in [0, 0.05) is 11.6 Å². The Kier molecular flexibility index (Phi) is 3.00. The van der Waals surface area contributed by atoms with Crippen LogP contribution < -0.4 is 10.1 Å². The van der Waals surface area contributed by atoms with Gasteiger partial charge in [0.25, 0.3) is 5.69 Å². The number of carbonyl (C=O) groups is 1. The fourth-order valence-electron chi connectivity index (χ4n) is 3.16. The van der Waals surface area contributed by atoms with Gasteiger partial charge >= 0.3 is 5.97 Å². The van der Waals surface area contributed by atoms with Gasteiger partial charge in [-0.25, -0.2) is 4.79 Å². The Labute approximate surface area is 121 Å². The van der Waals surface area contributed by atoms with E-state index in [0.29, 0.717) is 5.69 Å². The van der Waals surface area contributed by atoms with E-state index < -0.39 is 10.9 Å². The van der Waals surface area contributed by atoms with Crippen molar-refractivity contribution in [2.24, 2.45) is 5.92 Å². The standard InChI is InChI=1S/C14H16N2O5/c1-20-11-4-9(13(17)21-2)3-10(16(18)19)12(11)15-14-5-8(6-14)7-14/h3-4,8,15H,5-7H2,1-2H3. The third-order valence-electron chi connectivity index (χ3n) is 4.35. The molecule has 0 aromatic heterocycles. The summed E-state index contributed by atoms with van der Waals surface area (Å²) in [6, 6.07) is 2.69. The Balaban J connectivity index is 2.03. The van der Waals surface area contributed by atoms with E-state index in [4.69, 9.17) is 4.74 Å². The molecule has 0 unspecified atom stereocenters. The number of benzene rings is 1. The van der Waals surface area contributed by atoms with Gasteiger partial charge in [-0.3, -0.25) is 10.1 Å². The minimum Gasteiger partial charge on any atom is -0.494 e. The molecular formula is C14H16N2O5. The first kappa shape index (κ1) is 13.7. The summed E-state index contributed by atoms with van der Waals surface area (Å²) in [5, 5.41) is 14.6. The maximum Gasteiger partial charge on any atom is 0.338 e. The Morgan fingerprint density at radius 2 is 2.05 bits per heavy atom. The van der Waals surface area contributed by atoms with Crippen LogP contribution in [0.4, 0.5) is 11.4 Å². The average molecular weight is 292 g/mol. The molecule has 1 N–H and O–H groups in total. The van der Waals surface area contributed by atoms with Gasteiger partial charge in [0.15, 0.2) is 5.69 Å². The van der Waals surface area contributed by atoms with Gasteiger partial charge in [-0.05, 0) is 31.2 Å². The summed E-state index contributed by atoms with van der Waals surface area (Å²) >= 11 is 0. The molecule has 112 valence electrons. The molecule has 0 heterocycles. The third-order valence-corrected chi connectivity index (χ3v) is 4.35. The number of nitrogens with one attached hydrogen (secondary N) is 1. The summed E-state index contributed by atoms with van der Waals surface area (Å²) in [5.41, 5.74) is 0.243. The van der Waals surface area contributed by atoms with Gasteiger partial charge in [0.05, 0.1) is 24.7 Å². The molecule has 3 aliphatic rings. The molecule has 4 rings (SSSR count). The lowest BCUT2D eigenvalue weighted by Crippen LogP contribution is -2.63. The highest BCUT2D eigenvalue weighted by atomic mass is 16.6. The number of nitro groups is 1. The van der Waals surface area contributed by atoms with Crippen molar-refractivity contribution in [3.05, 3.63) is 27.8 Å². The zero-order valence-corrected chi connectivity index (χ0v) is 11.8. The topological polar surface area (TPSA) is 90.7 Å². The highest BCUT2D eigenvalue weighted by Gasteiger charge is 2.57. The predicted molar refractivity (Wildman–Crippen MR) is 74.7 cm³/mol. The minimum atomic E-state index is -0.631. The highest BCUT2D eigenvalue weighted by Crippen LogP contribution is 2.59. The summed E-state index contributed by atoms with van der Waals surface area (Å²) in [6.07, 6.45) is 3.10. The van der Waals surface area contributed by atoms with Crippen LogP contribution in [0.2, 0.25) is 0 Å². The monoisotopic (exact) mass is 292 g/mol. The van der Waals surface area contributed by atoms with Crippen molar-refractivity contribution in [2.75, 3.05) is 19.5 Å². The van der Waals surface area contributed by atoms with Gasteiger partial charge < -0.3 is 14.8 Å². The fourth-order valence-corrected chi connectivity index (χ4v) is 3.16. The number of methoxy groups -OCH3 is 2.